The van der Waals surface area contributed by atoms with E-state index in [-0.39, 0.29) is 18.2 Å². The maximum Gasteiger partial charge on any atom is 0.188 e. The molecule has 1 rings (SSSR count). The molecule has 94 valence electrons. The summed E-state index contributed by atoms with van der Waals surface area (Å²) < 4.78 is 17.9. The average molecular weight is 238 g/mol. The number of benzene rings is 1. The van der Waals surface area contributed by atoms with Crippen LogP contribution in [0.4, 0.5) is 4.39 Å². The molecule has 2 nitrogen and oxygen atoms in total. The summed E-state index contributed by atoms with van der Waals surface area (Å²) in [5.74, 6) is -0.428. The maximum atomic E-state index is 12.6. The summed E-state index contributed by atoms with van der Waals surface area (Å²) >= 11 is 0. The van der Waals surface area contributed by atoms with Gasteiger partial charge in [0.2, 0.25) is 0 Å². The quantitative estimate of drug-likeness (QED) is 0.511. The van der Waals surface area contributed by atoms with Crippen molar-refractivity contribution < 1.29 is 13.9 Å². The van der Waals surface area contributed by atoms with Gasteiger partial charge in [0.15, 0.2) is 5.78 Å². The van der Waals surface area contributed by atoms with Crippen molar-refractivity contribution in [2.45, 2.75) is 32.6 Å². The average Bonchev–Trinajstić information content (AvgIpc) is 2.34. The number of Topliss-reactive ketones (excluding diaryl/α,β-unsaturated/α-hetero) is 1. The monoisotopic (exact) mass is 238 g/mol. The van der Waals surface area contributed by atoms with Crippen molar-refractivity contribution in [2.24, 2.45) is 0 Å². The van der Waals surface area contributed by atoms with Gasteiger partial charge in [0.05, 0.1) is 0 Å². The number of halogens is 1. The first-order valence-corrected chi connectivity index (χ1v) is 6.10. The van der Waals surface area contributed by atoms with E-state index >= 15 is 0 Å². The zero-order valence-electron chi connectivity index (χ0n) is 10.2. The van der Waals surface area contributed by atoms with E-state index in [4.69, 9.17) is 4.74 Å². The molecule has 0 aliphatic rings. The van der Waals surface area contributed by atoms with E-state index in [1.165, 1.54) is 37.1 Å². The van der Waals surface area contributed by atoms with Gasteiger partial charge in [-0.3, -0.25) is 4.79 Å². The van der Waals surface area contributed by atoms with Crippen LogP contribution in [0.3, 0.4) is 0 Å². The summed E-state index contributed by atoms with van der Waals surface area (Å²) in [4.78, 5) is 11.6. The molecule has 1 aromatic rings. The van der Waals surface area contributed by atoms with Crippen molar-refractivity contribution in [3.8, 4) is 0 Å². The van der Waals surface area contributed by atoms with Crippen molar-refractivity contribution in [1.82, 2.24) is 0 Å². The summed E-state index contributed by atoms with van der Waals surface area (Å²) in [5, 5.41) is 0. The largest absolute Gasteiger partial charge is 0.373 e. The molecule has 0 N–H and O–H groups in total. The third-order valence-electron chi connectivity index (χ3n) is 2.54. The zero-order valence-corrected chi connectivity index (χ0v) is 10.2. The molecular weight excluding hydrogens is 219 g/mol. The zero-order chi connectivity index (χ0) is 12.5. The van der Waals surface area contributed by atoms with Gasteiger partial charge in [-0.1, -0.05) is 26.2 Å². The van der Waals surface area contributed by atoms with Crippen LogP contribution in [0.1, 0.15) is 43.0 Å². The lowest BCUT2D eigenvalue weighted by Crippen LogP contribution is -2.09. The molecule has 0 aliphatic heterocycles. The second-order valence-electron chi connectivity index (χ2n) is 4.04. The minimum atomic E-state index is -0.331. The molecule has 0 bridgehead atoms. The van der Waals surface area contributed by atoms with Gasteiger partial charge < -0.3 is 4.74 Å². The lowest BCUT2D eigenvalue weighted by Gasteiger charge is -2.03. The molecule has 0 heterocycles. The van der Waals surface area contributed by atoms with Crippen molar-refractivity contribution in [1.29, 1.82) is 0 Å². The van der Waals surface area contributed by atoms with Crippen LogP contribution in [0, 0.1) is 5.82 Å². The Hall–Kier alpha value is -1.22. The van der Waals surface area contributed by atoms with E-state index in [1.54, 1.807) is 0 Å². The van der Waals surface area contributed by atoms with E-state index < -0.39 is 0 Å². The third-order valence-corrected chi connectivity index (χ3v) is 2.54. The van der Waals surface area contributed by atoms with Crippen LogP contribution in [0.25, 0.3) is 0 Å². The molecule has 0 aliphatic carbocycles. The van der Waals surface area contributed by atoms with E-state index in [2.05, 4.69) is 6.92 Å². The fourth-order valence-electron chi connectivity index (χ4n) is 1.51. The van der Waals surface area contributed by atoms with Gasteiger partial charge in [-0.2, -0.15) is 0 Å². The summed E-state index contributed by atoms with van der Waals surface area (Å²) in [5.41, 5.74) is 0.500. The van der Waals surface area contributed by atoms with E-state index in [1.807, 2.05) is 0 Å². The van der Waals surface area contributed by atoms with Crippen molar-refractivity contribution in [3.05, 3.63) is 35.6 Å². The molecule has 3 heteroatoms. The Morgan fingerprint density at radius 2 is 1.88 bits per heavy atom. The first kappa shape index (κ1) is 13.8. The second-order valence-corrected chi connectivity index (χ2v) is 4.04. The third kappa shape index (κ3) is 5.59. The topological polar surface area (TPSA) is 26.3 Å². The Morgan fingerprint density at radius 1 is 1.18 bits per heavy atom. The Balaban J connectivity index is 2.19. The van der Waals surface area contributed by atoms with Gasteiger partial charge in [0.1, 0.15) is 12.4 Å². The lowest BCUT2D eigenvalue weighted by molar-refractivity contribution is 0.0752. The predicted molar refractivity (Wildman–Crippen MR) is 65.7 cm³/mol. The van der Waals surface area contributed by atoms with E-state index in [0.717, 1.165) is 12.8 Å². The number of ether oxygens (including phenoxy) is 1. The van der Waals surface area contributed by atoms with Crippen LogP contribution in [-0.4, -0.2) is 19.0 Å². The first-order valence-electron chi connectivity index (χ1n) is 6.10. The molecule has 0 amide bonds. The number of carbonyl (C=O) groups excluding carboxylic acids is 1. The molecule has 0 atom stereocenters. The summed E-state index contributed by atoms with van der Waals surface area (Å²) in [7, 11) is 0. The Labute approximate surface area is 102 Å². The van der Waals surface area contributed by atoms with Crippen LogP contribution in [0.2, 0.25) is 0 Å². The maximum absolute atomic E-state index is 12.6. The lowest BCUT2D eigenvalue weighted by atomic mass is 10.1. The van der Waals surface area contributed by atoms with E-state index in [9.17, 15) is 9.18 Å². The highest BCUT2D eigenvalue weighted by molar-refractivity contribution is 5.96. The van der Waals surface area contributed by atoms with Crippen molar-refractivity contribution >= 4 is 5.78 Å². The van der Waals surface area contributed by atoms with Crippen molar-refractivity contribution in [3.63, 3.8) is 0 Å². The minimum Gasteiger partial charge on any atom is -0.373 e. The molecule has 17 heavy (non-hydrogen) atoms. The summed E-state index contributed by atoms with van der Waals surface area (Å²) in [6.07, 6.45) is 4.52. The number of hydrogen-bond acceptors (Lipinski definition) is 2. The fourth-order valence-corrected chi connectivity index (χ4v) is 1.51. The Morgan fingerprint density at radius 3 is 2.53 bits per heavy atom. The number of unbranched alkanes of at least 4 members (excludes halogenated alkanes) is 3. The molecule has 0 fully saturated rings. The second kappa shape index (κ2) is 7.96. The highest BCUT2D eigenvalue weighted by Crippen LogP contribution is 2.04. The van der Waals surface area contributed by atoms with Gasteiger partial charge in [-0.05, 0) is 30.7 Å². The SMILES string of the molecule is CCCCCCOCC(=O)c1ccc(F)cc1. The van der Waals surface area contributed by atoms with Gasteiger partial charge in [0, 0.05) is 12.2 Å². The smallest absolute Gasteiger partial charge is 0.188 e. The molecule has 1 aromatic carbocycles. The highest BCUT2D eigenvalue weighted by Gasteiger charge is 2.05. The first-order chi connectivity index (χ1) is 8.24. The minimum absolute atomic E-state index is 0.0811. The molecule has 0 unspecified atom stereocenters. The molecule has 0 radical (unpaired) electrons. The fraction of sp³-hybridized carbons (Fsp3) is 0.500. The number of carbonyl (C=O) groups is 1. The Bertz CT molecular complexity index is 333. The van der Waals surface area contributed by atoms with Crippen LogP contribution < -0.4 is 0 Å². The summed E-state index contributed by atoms with van der Waals surface area (Å²) in [6, 6.07) is 5.54. The van der Waals surface area contributed by atoms with Gasteiger partial charge >= 0.3 is 0 Å². The van der Waals surface area contributed by atoms with Gasteiger partial charge in [-0.25, -0.2) is 4.39 Å². The normalized spacial score (nSPS) is 10.5. The molecule has 0 spiro atoms. The predicted octanol–water partition coefficient (Wildman–Crippen LogP) is 3.61. The summed E-state index contributed by atoms with van der Waals surface area (Å²) in [6.45, 7) is 2.85. The van der Waals surface area contributed by atoms with Gasteiger partial charge in [-0.15, -0.1) is 0 Å². The van der Waals surface area contributed by atoms with Crippen LogP contribution in [0.15, 0.2) is 24.3 Å². The number of hydrogen-bond donors (Lipinski definition) is 0. The van der Waals surface area contributed by atoms with Crippen LogP contribution in [0.5, 0.6) is 0 Å². The van der Waals surface area contributed by atoms with Crippen LogP contribution >= 0.6 is 0 Å². The number of ketones is 1. The standard InChI is InChI=1S/C14H19FO2/c1-2-3-4-5-10-17-11-14(16)12-6-8-13(15)9-7-12/h6-9H,2-5,10-11H2,1H3. The van der Waals surface area contributed by atoms with Gasteiger partial charge in [0.25, 0.3) is 0 Å². The van der Waals surface area contributed by atoms with Crippen molar-refractivity contribution in [2.75, 3.05) is 13.2 Å². The van der Waals surface area contributed by atoms with E-state index in [0.29, 0.717) is 12.2 Å². The number of rotatable bonds is 8. The van der Waals surface area contributed by atoms with Crippen LogP contribution in [-0.2, 0) is 4.74 Å². The molecular formula is C14H19FO2. The Kier molecular flexibility index (Phi) is 6.48. The molecule has 0 saturated carbocycles. The molecule has 0 saturated heterocycles. The molecule has 0 aromatic heterocycles. The highest BCUT2D eigenvalue weighted by atomic mass is 19.1.